The second kappa shape index (κ2) is 9.68. The Morgan fingerprint density at radius 2 is 1.57 bits per heavy atom. The van der Waals surface area contributed by atoms with E-state index in [1.807, 2.05) is 19.1 Å². The minimum atomic E-state index is -0.898. The first kappa shape index (κ1) is 25.3. The van der Waals surface area contributed by atoms with Crippen molar-refractivity contribution in [2.45, 2.75) is 96.0 Å². The molecule has 0 spiro atoms. The summed E-state index contributed by atoms with van der Waals surface area (Å²) in [5.74, 6) is 0.146. The molecule has 0 heterocycles. The lowest BCUT2D eigenvalue weighted by Gasteiger charge is -2.43. The van der Waals surface area contributed by atoms with Gasteiger partial charge in [0.2, 0.25) is 0 Å². The fraction of sp³-hybridized carbons (Fsp3) is 0.469. The minimum absolute atomic E-state index is 0.141. The zero-order valence-corrected chi connectivity index (χ0v) is 22.0. The second-order valence-electron chi connectivity index (χ2n) is 11.9. The SMILES string of the molecule is CC(C=CCCC1(c2cc3c(cc2OCc2ccccc2)C(C)(C)CCC3(C)C)CC1)=CC(=O)O. The van der Waals surface area contributed by atoms with Crippen LogP contribution in [0.15, 0.2) is 66.3 Å². The Kier molecular flexibility index (Phi) is 6.99. The quantitative estimate of drug-likeness (QED) is 0.297. The third-order valence-corrected chi connectivity index (χ3v) is 8.14. The number of benzene rings is 2. The van der Waals surface area contributed by atoms with Crippen molar-refractivity contribution in [1.29, 1.82) is 0 Å². The molecule has 2 aliphatic rings. The van der Waals surface area contributed by atoms with Gasteiger partial charge in [0.25, 0.3) is 0 Å². The van der Waals surface area contributed by atoms with Crippen molar-refractivity contribution in [2.24, 2.45) is 0 Å². The Morgan fingerprint density at radius 1 is 0.943 bits per heavy atom. The van der Waals surface area contributed by atoms with E-state index in [2.05, 4.69) is 70.2 Å². The molecule has 0 radical (unpaired) electrons. The minimum Gasteiger partial charge on any atom is -0.489 e. The fourth-order valence-electron chi connectivity index (χ4n) is 5.54. The summed E-state index contributed by atoms with van der Waals surface area (Å²) in [5.41, 5.74) is 6.69. The van der Waals surface area contributed by atoms with Crippen molar-refractivity contribution in [3.8, 4) is 5.75 Å². The lowest BCUT2D eigenvalue weighted by Crippen LogP contribution is -2.34. The number of hydrogen-bond acceptors (Lipinski definition) is 2. The summed E-state index contributed by atoms with van der Waals surface area (Å²) in [6, 6.07) is 15.3. The van der Waals surface area contributed by atoms with Gasteiger partial charge < -0.3 is 9.84 Å². The summed E-state index contributed by atoms with van der Waals surface area (Å²) in [4.78, 5) is 10.9. The van der Waals surface area contributed by atoms with Gasteiger partial charge in [0.05, 0.1) is 0 Å². The molecule has 0 amide bonds. The highest BCUT2D eigenvalue weighted by Crippen LogP contribution is 2.57. The van der Waals surface area contributed by atoms with E-state index in [9.17, 15) is 4.79 Å². The molecular weight excluding hydrogens is 432 g/mol. The number of carbonyl (C=O) groups is 1. The molecule has 0 saturated heterocycles. The zero-order chi connectivity index (χ0) is 25.3. The molecule has 3 nitrogen and oxygen atoms in total. The van der Waals surface area contributed by atoms with Gasteiger partial charge in [0, 0.05) is 11.6 Å². The molecule has 0 aromatic heterocycles. The first-order valence-electron chi connectivity index (χ1n) is 13.0. The first-order valence-corrected chi connectivity index (χ1v) is 13.0. The Balaban J connectivity index is 1.66. The van der Waals surface area contributed by atoms with Crippen LogP contribution in [-0.2, 0) is 27.6 Å². The van der Waals surface area contributed by atoms with E-state index in [0.29, 0.717) is 6.61 Å². The highest BCUT2D eigenvalue weighted by Gasteiger charge is 2.47. The van der Waals surface area contributed by atoms with Gasteiger partial charge in [-0.05, 0) is 90.0 Å². The number of carboxylic acids is 1. The van der Waals surface area contributed by atoms with Gasteiger partial charge in [-0.3, -0.25) is 0 Å². The lowest BCUT2D eigenvalue weighted by atomic mass is 9.62. The molecule has 2 aliphatic carbocycles. The van der Waals surface area contributed by atoms with Crippen LogP contribution in [0.25, 0.3) is 0 Å². The number of rotatable bonds is 9. The van der Waals surface area contributed by atoms with E-state index in [0.717, 1.165) is 24.2 Å². The molecule has 3 heteroatoms. The van der Waals surface area contributed by atoms with E-state index < -0.39 is 5.97 Å². The number of allylic oxidation sites excluding steroid dienone is 3. The van der Waals surface area contributed by atoms with Crippen LogP contribution in [0.3, 0.4) is 0 Å². The van der Waals surface area contributed by atoms with Crippen LogP contribution in [-0.4, -0.2) is 11.1 Å². The normalized spacial score (nSPS) is 19.9. The van der Waals surface area contributed by atoms with Crippen molar-refractivity contribution < 1.29 is 14.6 Å². The Morgan fingerprint density at radius 3 is 2.17 bits per heavy atom. The molecular formula is C32H40O3. The predicted molar refractivity (Wildman–Crippen MR) is 143 cm³/mol. The van der Waals surface area contributed by atoms with Crippen LogP contribution in [0.2, 0.25) is 0 Å². The molecule has 0 unspecified atom stereocenters. The topological polar surface area (TPSA) is 46.5 Å². The molecule has 0 aliphatic heterocycles. The van der Waals surface area contributed by atoms with Crippen molar-refractivity contribution in [3.05, 3.63) is 88.5 Å². The summed E-state index contributed by atoms with van der Waals surface area (Å²) in [5, 5.41) is 8.94. The molecule has 0 bridgehead atoms. The van der Waals surface area contributed by atoms with Crippen LogP contribution >= 0.6 is 0 Å². The first-order chi connectivity index (χ1) is 16.5. The number of aliphatic carboxylic acids is 1. The summed E-state index contributed by atoms with van der Waals surface area (Å²) < 4.78 is 6.57. The van der Waals surface area contributed by atoms with Gasteiger partial charge in [-0.15, -0.1) is 0 Å². The highest BCUT2D eigenvalue weighted by atomic mass is 16.5. The maximum Gasteiger partial charge on any atom is 0.328 e. The van der Waals surface area contributed by atoms with Gasteiger partial charge in [-0.25, -0.2) is 4.79 Å². The average Bonchev–Trinajstić information content (AvgIpc) is 3.59. The van der Waals surface area contributed by atoms with Crippen molar-refractivity contribution >= 4 is 5.97 Å². The van der Waals surface area contributed by atoms with E-state index >= 15 is 0 Å². The van der Waals surface area contributed by atoms with E-state index in [1.54, 1.807) is 0 Å². The third kappa shape index (κ3) is 5.72. The van der Waals surface area contributed by atoms with E-state index in [1.165, 1.54) is 54.0 Å². The fourth-order valence-corrected chi connectivity index (χ4v) is 5.54. The second-order valence-corrected chi connectivity index (χ2v) is 11.9. The molecule has 0 atom stereocenters. The largest absolute Gasteiger partial charge is 0.489 e. The molecule has 186 valence electrons. The Labute approximate surface area is 210 Å². The van der Waals surface area contributed by atoms with Crippen molar-refractivity contribution in [2.75, 3.05) is 0 Å². The van der Waals surface area contributed by atoms with Crippen LogP contribution in [0.1, 0.15) is 95.4 Å². The number of carboxylic acid groups (broad SMARTS) is 1. The summed E-state index contributed by atoms with van der Waals surface area (Å²) >= 11 is 0. The average molecular weight is 473 g/mol. The van der Waals surface area contributed by atoms with Gasteiger partial charge in [-0.1, -0.05) is 76.2 Å². The molecule has 1 N–H and O–H groups in total. The maximum atomic E-state index is 10.9. The van der Waals surface area contributed by atoms with E-state index in [4.69, 9.17) is 9.84 Å². The van der Waals surface area contributed by atoms with Gasteiger partial charge >= 0.3 is 5.97 Å². The molecule has 1 fully saturated rings. The standard InChI is InChI=1S/C32H40O3/c1-23(19-29(33)34)11-9-10-14-32(17-18-32)27-20-25-26(31(4,5)16-15-30(25,2)3)21-28(27)35-22-24-12-7-6-8-13-24/h6-9,11-13,19-21H,10,14-18,22H2,1-5H3,(H,33,34). The number of hydrogen-bond donors (Lipinski definition) is 1. The summed E-state index contributed by atoms with van der Waals surface area (Å²) in [6.45, 7) is 11.9. The maximum absolute atomic E-state index is 10.9. The van der Waals surface area contributed by atoms with E-state index in [-0.39, 0.29) is 16.2 Å². The summed E-state index contributed by atoms with van der Waals surface area (Å²) in [7, 11) is 0. The monoisotopic (exact) mass is 472 g/mol. The third-order valence-electron chi connectivity index (χ3n) is 8.14. The Bertz CT molecular complexity index is 1130. The number of fused-ring (bicyclic) bond motifs is 1. The summed E-state index contributed by atoms with van der Waals surface area (Å²) in [6.07, 6.45) is 12.0. The van der Waals surface area contributed by atoms with Crippen molar-refractivity contribution in [3.63, 3.8) is 0 Å². The van der Waals surface area contributed by atoms with Crippen LogP contribution in [0.4, 0.5) is 0 Å². The van der Waals surface area contributed by atoms with Gasteiger partial charge in [0.1, 0.15) is 12.4 Å². The van der Waals surface area contributed by atoms with Crippen LogP contribution < -0.4 is 4.74 Å². The molecule has 1 saturated carbocycles. The molecule has 2 aromatic carbocycles. The molecule has 4 rings (SSSR count). The zero-order valence-electron chi connectivity index (χ0n) is 22.0. The van der Waals surface area contributed by atoms with Crippen molar-refractivity contribution in [1.82, 2.24) is 0 Å². The number of ether oxygens (including phenoxy) is 1. The Hall–Kier alpha value is -2.81. The van der Waals surface area contributed by atoms with Crippen LogP contribution in [0, 0.1) is 0 Å². The lowest BCUT2D eigenvalue weighted by molar-refractivity contribution is -0.131. The molecule has 35 heavy (non-hydrogen) atoms. The molecule has 2 aromatic rings. The van der Waals surface area contributed by atoms with Gasteiger partial charge in [-0.2, -0.15) is 0 Å². The van der Waals surface area contributed by atoms with Crippen LogP contribution in [0.5, 0.6) is 5.75 Å². The van der Waals surface area contributed by atoms with Gasteiger partial charge in [0.15, 0.2) is 0 Å². The highest BCUT2D eigenvalue weighted by molar-refractivity contribution is 5.81. The smallest absolute Gasteiger partial charge is 0.328 e. The predicted octanol–water partition coefficient (Wildman–Crippen LogP) is 8.01.